The van der Waals surface area contributed by atoms with Crippen LogP contribution in [0.3, 0.4) is 0 Å². The summed E-state index contributed by atoms with van der Waals surface area (Å²) < 4.78 is 18.2. The molecule has 0 bridgehead atoms. The van der Waals surface area contributed by atoms with E-state index in [1.54, 1.807) is 13.2 Å². The lowest BCUT2D eigenvalue weighted by atomic mass is 10.1. The van der Waals surface area contributed by atoms with Gasteiger partial charge in [0.05, 0.1) is 7.11 Å². The molecule has 4 heteroatoms. The van der Waals surface area contributed by atoms with E-state index in [-0.39, 0.29) is 11.7 Å². The van der Waals surface area contributed by atoms with E-state index in [2.05, 4.69) is 5.32 Å². The molecular weight excluding hydrogens is 281 g/mol. The summed E-state index contributed by atoms with van der Waals surface area (Å²) in [6, 6.07) is 14.1. The Morgan fingerprint density at radius 1 is 1.09 bits per heavy atom. The lowest BCUT2D eigenvalue weighted by Crippen LogP contribution is -2.25. The number of hydrogen-bond donors (Lipinski definition) is 1. The number of amides is 1. The smallest absolute Gasteiger partial charge is 0.220 e. The van der Waals surface area contributed by atoms with Crippen LogP contribution < -0.4 is 10.1 Å². The molecule has 0 saturated heterocycles. The quantitative estimate of drug-likeness (QED) is 0.853. The number of methoxy groups -OCH3 is 1. The molecule has 0 heterocycles. The van der Waals surface area contributed by atoms with Gasteiger partial charge in [-0.25, -0.2) is 4.39 Å². The van der Waals surface area contributed by atoms with Crippen molar-refractivity contribution in [3.63, 3.8) is 0 Å². The molecule has 0 aliphatic heterocycles. The van der Waals surface area contributed by atoms with Crippen molar-refractivity contribution in [1.82, 2.24) is 5.32 Å². The van der Waals surface area contributed by atoms with Crippen LogP contribution in [0.1, 0.15) is 17.5 Å². The predicted molar refractivity (Wildman–Crippen MR) is 84.4 cm³/mol. The second-order valence-corrected chi connectivity index (χ2v) is 5.08. The number of nitrogens with one attached hydrogen (secondary N) is 1. The first-order valence-electron chi connectivity index (χ1n) is 7.31. The van der Waals surface area contributed by atoms with Gasteiger partial charge in [0.25, 0.3) is 0 Å². The highest BCUT2D eigenvalue weighted by Gasteiger charge is 2.03. The molecular formula is C18H20FNO2. The highest BCUT2D eigenvalue weighted by Crippen LogP contribution is 2.13. The van der Waals surface area contributed by atoms with Crippen molar-refractivity contribution in [3.05, 3.63) is 65.5 Å². The Hall–Kier alpha value is -2.36. The maximum atomic E-state index is 13.0. The molecule has 0 spiro atoms. The second-order valence-electron chi connectivity index (χ2n) is 5.08. The maximum Gasteiger partial charge on any atom is 0.220 e. The van der Waals surface area contributed by atoms with Crippen LogP contribution in [-0.4, -0.2) is 19.6 Å². The van der Waals surface area contributed by atoms with Gasteiger partial charge in [0.15, 0.2) is 0 Å². The Balaban J connectivity index is 1.71. The number of benzene rings is 2. The molecule has 0 saturated carbocycles. The third-order valence-corrected chi connectivity index (χ3v) is 3.40. The van der Waals surface area contributed by atoms with Gasteiger partial charge in [-0.1, -0.05) is 24.3 Å². The van der Waals surface area contributed by atoms with Gasteiger partial charge in [-0.05, 0) is 48.2 Å². The SMILES string of the molecule is COc1cccc(CCC(=O)NCCc2cccc(F)c2)c1. The van der Waals surface area contributed by atoms with Crippen molar-refractivity contribution in [2.75, 3.05) is 13.7 Å². The van der Waals surface area contributed by atoms with Crippen molar-refractivity contribution >= 4 is 5.91 Å². The molecule has 0 unspecified atom stereocenters. The summed E-state index contributed by atoms with van der Waals surface area (Å²) >= 11 is 0. The molecule has 1 amide bonds. The number of carbonyl (C=O) groups excluding carboxylic acids is 1. The second kappa shape index (κ2) is 8.17. The molecule has 2 aromatic rings. The standard InChI is InChI=1S/C18H20FNO2/c1-22-17-7-3-5-14(13-17)8-9-18(21)20-11-10-15-4-2-6-16(19)12-15/h2-7,12-13H,8-11H2,1H3,(H,20,21). The fourth-order valence-corrected chi connectivity index (χ4v) is 2.21. The van der Waals surface area contributed by atoms with Gasteiger partial charge in [-0.15, -0.1) is 0 Å². The number of carbonyl (C=O) groups is 1. The van der Waals surface area contributed by atoms with E-state index in [4.69, 9.17) is 4.74 Å². The van der Waals surface area contributed by atoms with Gasteiger partial charge < -0.3 is 10.1 Å². The molecule has 22 heavy (non-hydrogen) atoms. The first-order chi connectivity index (χ1) is 10.7. The predicted octanol–water partition coefficient (Wildman–Crippen LogP) is 3.13. The molecule has 0 atom stereocenters. The number of halogens is 1. The minimum absolute atomic E-state index is 0.000719. The maximum absolute atomic E-state index is 13.0. The highest BCUT2D eigenvalue weighted by atomic mass is 19.1. The monoisotopic (exact) mass is 301 g/mol. The van der Waals surface area contributed by atoms with E-state index in [9.17, 15) is 9.18 Å². The van der Waals surface area contributed by atoms with Crippen LogP contribution in [0.5, 0.6) is 5.75 Å². The number of hydrogen-bond acceptors (Lipinski definition) is 2. The van der Waals surface area contributed by atoms with Gasteiger partial charge in [0.1, 0.15) is 11.6 Å². The van der Waals surface area contributed by atoms with Crippen molar-refractivity contribution in [3.8, 4) is 5.75 Å². The van der Waals surface area contributed by atoms with Gasteiger partial charge >= 0.3 is 0 Å². The van der Waals surface area contributed by atoms with Crippen LogP contribution >= 0.6 is 0 Å². The summed E-state index contributed by atoms with van der Waals surface area (Å²) in [6.07, 6.45) is 1.72. The van der Waals surface area contributed by atoms with Gasteiger partial charge in [-0.3, -0.25) is 4.79 Å². The normalized spacial score (nSPS) is 10.3. The summed E-state index contributed by atoms with van der Waals surface area (Å²) in [6.45, 7) is 0.514. The minimum Gasteiger partial charge on any atom is -0.497 e. The molecule has 0 aliphatic rings. The van der Waals surface area contributed by atoms with Crippen molar-refractivity contribution in [2.24, 2.45) is 0 Å². The lowest BCUT2D eigenvalue weighted by Gasteiger charge is -2.07. The molecule has 3 nitrogen and oxygen atoms in total. The van der Waals surface area contributed by atoms with Gasteiger partial charge in [0.2, 0.25) is 5.91 Å². The van der Waals surface area contributed by atoms with E-state index >= 15 is 0 Å². The number of rotatable bonds is 7. The van der Waals surface area contributed by atoms with Gasteiger partial charge in [-0.2, -0.15) is 0 Å². The average molecular weight is 301 g/mol. The zero-order valence-corrected chi connectivity index (χ0v) is 12.6. The Bertz CT molecular complexity index is 628. The van der Waals surface area contributed by atoms with E-state index in [1.807, 2.05) is 30.3 Å². The van der Waals surface area contributed by atoms with Crippen molar-refractivity contribution in [1.29, 1.82) is 0 Å². The highest BCUT2D eigenvalue weighted by molar-refractivity contribution is 5.76. The average Bonchev–Trinajstić information content (AvgIpc) is 2.53. The zero-order valence-electron chi connectivity index (χ0n) is 12.6. The molecule has 0 aliphatic carbocycles. The molecule has 2 rings (SSSR count). The van der Waals surface area contributed by atoms with Crippen molar-refractivity contribution in [2.45, 2.75) is 19.3 Å². The first-order valence-corrected chi connectivity index (χ1v) is 7.31. The third-order valence-electron chi connectivity index (χ3n) is 3.40. The van der Waals surface area contributed by atoms with E-state index in [0.717, 1.165) is 16.9 Å². The summed E-state index contributed by atoms with van der Waals surface area (Å²) in [7, 11) is 1.62. The largest absolute Gasteiger partial charge is 0.497 e. The van der Waals surface area contributed by atoms with E-state index < -0.39 is 0 Å². The van der Waals surface area contributed by atoms with Gasteiger partial charge in [0, 0.05) is 13.0 Å². The Kier molecular flexibility index (Phi) is 5.95. The van der Waals surface area contributed by atoms with Crippen molar-refractivity contribution < 1.29 is 13.9 Å². The minimum atomic E-state index is -0.248. The Morgan fingerprint density at radius 2 is 1.82 bits per heavy atom. The molecule has 116 valence electrons. The molecule has 0 radical (unpaired) electrons. The molecule has 1 N–H and O–H groups in total. The summed E-state index contributed by atoms with van der Waals surface area (Å²) in [4.78, 5) is 11.8. The van der Waals surface area contributed by atoms with Crippen LogP contribution in [0.4, 0.5) is 4.39 Å². The van der Waals surface area contributed by atoms with Crippen LogP contribution in [0, 0.1) is 5.82 Å². The fraction of sp³-hybridized carbons (Fsp3) is 0.278. The topological polar surface area (TPSA) is 38.3 Å². The number of ether oxygens (including phenoxy) is 1. The summed E-state index contributed by atoms with van der Waals surface area (Å²) in [5.41, 5.74) is 1.95. The van der Waals surface area contributed by atoms with Crippen LogP contribution in [-0.2, 0) is 17.6 Å². The third kappa shape index (κ3) is 5.20. The van der Waals surface area contributed by atoms with Crippen LogP contribution in [0.25, 0.3) is 0 Å². The summed E-state index contributed by atoms with van der Waals surface area (Å²) in [5.74, 6) is 0.546. The fourth-order valence-electron chi connectivity index (χ4n) is 2.21. The lowest BCUT2D eigenvalue weighted by molar-refractivity contribution is -0.121. The Labute approximate surface area is 130 Å². The van der Waals surface area contributed by atoms with E-state index in [0.29, 0.717) is 25.8 Å². The first kappa shape index (κ1) is 16.0. The number of aryl methyl sites for hydroxylation is 1. The Morgan fingerprint density at radius 3 is 2.55 bits per heavy atom. The molecule has 0 aromatic heterocycles. The van der Waals surface area contributed by atoms with E-state index in [1.165, 1.54) is 12.1 Å². The zero-order chi connectivity index (χ0) is 15.8. The van der Waals surface area contributed by atoms with Crippen LogP contribution in [0.2, 0.25) is 0 Å². The summed E-state index contributed by atoms with van der Waals surface area (Å²) in [5, 5.41) is 2.86. The molecule has 0 fully saturated rings. The van der Waals surface area contributed by atoms with Crippen LogP contribution in [0.15, 0.2) is 48.5 Å². The molecule has 2 aromatic carbocycles.